The van der Waals surface area contributed by atoms with Gasteiger partial charge in [-0.3, -0.25) is 14.6 Å². The third-order valence-corrected chi connectivity index (χ3v) is 6.07. The molecule has 156 valence electrons. The van der Waals surface area contributed by atoms with Gasteiger partial charge in [-0.25, -0.2) is 5.43 Å². The van der Waals surface area contributed by atoms with Crippen LogP contribution in [0, 0.1) is 5.92 Å². The molecular weight excluding hydrogens is 402 g/mol. The summed E-state index contributed by atoms with van der Waals surface area (Å²) in [6.07, 6.45) is 4.19. The lowest BCUT2D eigenvalue weighted by atomic mass is 10.0. The Bertz CT molecular complexity index is 1390. The third kappa shape index (κ3) is 3.06. The predicted molar refractivity (Wildman–Crippen MR) is 123 cm³/mol. The van der Waals surface area contributed by atoms with Crippen molar-refractivity contribution in [1.29, 1.82) is 0 Å². The van der Waals surface area contributed by atoms with Gasteiger partial charge in [-0.15, -0.1) is 0 Å². The summed E-state index contributed by atoms with van der Waals surface area (Å²) in [5.74, 6) is -0.346. The molecule has 7 nitrogen and oxygen atoms in total. The topological polar surface area (TPSA) is 99.2 Å². The van der Waals surface area contributed by atoms with Crippen molar-refractivity contribution >= 4 is 34.6 Å². The monoisotopic (exact) mass is 421 g/mol. The van der Waals surface area contributed by atoms with Crippen LogP contribution in [0.5, 0.6) is 0 Å². The molecule has 2 atom stereocenters. The molecule has 2 aliphatic rings. The molecule has 0 radical (unpaired) electrons. The van der Waals surface area contributed by atoms with E-state index in [-0.39, 0.29) is 23.7 Å². The van der Waals surface area contributed by atoms with Crippen LogP contribution in [0.3, 0.4) is 0 Å². The maximum atomic E-state index is 12.9. The molecule has 6 rings (SSSR count). The van der Waals surface area contributed by atoms with Gasteiger partial charge in [0.05, 0.1) is 17.5 Å². The van der Waals surface area contributed by atoms with Crippen molar-refractivity contribution in [3.8, 4) is 11.3 Å². The molecule has 32 heavy (non-hydrogen) atoms. The molecule has 2 aromatic carbocycles. The van der Waals surface area contributed by atoms with Gasteiger partial charge in [0, 0.05) is 45.9 Å². The summed E-state index contributed by atoms with van der Waals surface area (Å²) >= 11 is 0. The molecule has 3 N–H and O–H groups in total. The van der Waals surface area contributed by atoms with Crippen molar-refractivity contribution in [3.05, 3.63) is 83.7 Å². The van der Waals surface area contributed by atoms with Crippen LogP contribution in [0.25, 0.3) is 22.2 Å². The fourth-order valence-electron chi connectivity index (χ4n) is 4.43. The van der Waals surface area contributed by atoms with Gasteiger partial charge < -0.3 is 10.3 Å². The molecule has 3 heterocycles. The van der Waals surface area contributed by atoms with Gasteiger partial charge in [0.2, 0.25) is 5.91 Å². The summed E-state index contributed by atoms with van der Waals surface area (Å²) in [6.45, 7) is 0. The van der Waals surface area contributed by atoms with Crippen molar-refractivity contribution in [2.24, 2.45) is 11.0 Å². The van der Waals surface area contributed by atoms with Crippen LogP contribution in [0.4, 0.5) is 5.69 Å². The van der Waals surface area contributed by atoms with Gasteiger partial charge in [-0.1, -0.05) is 36.4 Å². The molecule has 4 aromatic rings. The van der Waals surface area contributed by atoms with Crippen LogP contribution in [0.15, 0.2) is 72.0 Å². The molecule has 0 spiro atoms. The minimum Gasteiger partial charge on any atom is -0.354 e. The first-order valence-electron chi connectivity index (χ1n) is 10.5. The van der Waals surface area contributed by atoms with E-state index in [0.717, 1.165) is 39.8 Å². The molecule has 1 fully saturated rings. The molecule has 0 bridgehead atoms. The number of carbonyl (C=O) groups excluding carboxylic acids is 2. The summed E-state index contributed by atoms with van der Waals surface area (Å²) < 4.78 is 0. The van der Waals surface area contributed by atoms with E-state index in [1.54, 1.807) is 18.5 Å². The lowest BCUT2D eigenvalue weighted by Crippen LogP contribution is -2.18. The standard InChI is InChI=1S/C25H19N5O2/c31-24(17-12-16(17)20-8-4-5-9-26-20)28-15-10-18-22-19(13-27-30-25(18)32)23(29-21(22)11-15)14-6-2-1-3-7-14/h1-11,13,16-17,29H,12H2,(H,28,31)(H,30,32). The maximum absolute atomic E-state index is 12.9. The number of hydrogen-bond donors (Lipinski definition) is 3. The Balaban J connectivity index is 1.36. The summed E-state index contributed by atoms with van der Waals surface area (Å²) in [7, 11) is 0. The minimum absolute atomic E-state index is 0.0625. The lowest BCUT2D eigenvalue weighted by Gasteiger charge is -2.08. The zero-order valence-corrected chi connectivity index (χ0v) is 17.0. The summed E-state index contributed by atoms with van der Waals surface area (Å²) in [4.78, 5) is 33.4. The normalized spacial score (nSPS) is 18.8. The number of aromatic nitrogens is 2. The van der Waals surface area contributed by atoms with E-state index in [1.807, 2.05) is 54.6 Å². The number of anilines is 1. The SMILES string of the molecule is O=C1NN=Cc2c(-c3ccccc3)[nH]c3cc(NC(=O)C4CC4c4ccccn4)cc1c23. The summed E-state index contributed by atoms with van der Waals surface area (Å²) in [6, 6.07) is 19.2. The second-order valence-corrected chi connectivity index (χ2v) is 8.12. The number of carbonyl (C=O) groups is 2. The van der Waals surface area contributed by atoms with Gasteiger partial charge in [0.1, 0.15) is 0 Å². The average Bonchev–Trinajstić information content (AvgIpc) is 3.57. The van der Waals surface area contributed by atoms with Crippen LogP contribution in [0.2, 0.25) is 0 Å². The molecular formula is C25H19N5O2. The largest absolute Gasteiger partial charge is 0.354 e. The number of hydrazone groups is 1. The number of nitrogens with zero attached hydrogens (tertiary/aromatic N) is 2. The van der Waals surface area contributed by atoms with Crippen molar-refractivity contribution in [2.45, 2.75) is 12.3 Å². The first-order valence-corrected chi connectivity index (χ1v) is 10.5. The Morgan fingerprint density at radius 3 is 2.72 bits per heavy atom. The van der Waals surface area contributed by atoms with Crippen LogP contribution >= 0.6 is 0 Å². The van der Waals surface area contributed by atoms with Crippen LogP contribution in [0.1, 0.15) is 34.0 Å². The van der Waals surface area contributed by atoms with Crippen molar-refractivity contribution in [2.75, 3.05) is 5.32 Å². The quantitative estimate of drug-likeness (QED) is 0.464. The first kappa shape index (κ1) is 18.5. The van der Waals surface area contributed by atoms with Gasteiger partial charge >= 0.3 is 0 Å². The number of benzene rings is 2. The number of aromatic amines is 1. The number of pyridine rings is 1. The maximum Gasteiger partial charge on any atom is 0.272 e. The molecule has 1 aliphatic heterocycles. The van der Waals surface area contributed by atoms with Crippen molar-refractivity contribution in [3.63, 3.8) is 0 Å². The van der Waals surface area contributed by atoms with E-state index in [9.17, 15) is 9.59 Å². The second-order valence-electron chi connectivity index (χ2n) is 8.12. The minimum atomic E-state index is -0.308. The van der Waals surface area contributed by atoms with Gasteiger partial charge in [-0.2, -0.15) is 5.10 Å². The Labute approximate surface area is 183 Å². The van der Waals surface area contributed by atoms with E-state index in [4.69, 9.17) is 0 Å². The van der Waals surface area contributed by atoms with Crippen molar-refractivity contribution < 1.29 is 9.59 Å². The summed E-state index contributed by atoms with van der Waals surface area (Å²) in [5.41, 5.74) is 8.03. The Morgan fingerprint density at radius 2 is 1.91 bits per heavy atom. The van der Waals surface area contributed by atoms with Gasteiger partial charge in [0.25, 0.3) is 5.91 Å². The zero-order chi connectivity index (χ0) is 21.7. The average molecular weight is 421 g/mol. The molecule has 0 saturated heterocycles. The van der Waals surface area contributed by atoms with E-state index in [1.165, 1.54) is 0 Å². The smallest absolute Gasteiger partial charge is 0.272 e. The molecule has 1 aliphatic carbocycles. The number of amides is 2. The Hall–Kier alpha value is -4.26. The number of hydrogen-bond acceptors (Lipinski definition) is 4. The Kier molecular flexibility index (Phi) is 4.14. The van der Waals surface area contributed by atoms with E-state index in [0.29, 0.717) is 11.3 Å². The van der Waals surface area contributed by atoms with Crippen LogP contribution in [-0.2, 0) is 4.79 Å². The predicted octanol–water partition coefficient (Wildman–Crippen LogP) is 4.05. The molecule has 2 amide bonds. The fraction of sp³-hybridized carbons (Fsp3) is 0.120. The molecule has 7 heteroatoms. The van der Waals surface area contributed by atoms with E-state index in [2.05, 4.69) is 25.8 Å². The first-order chi connectivity index (χ1) is 15.7. The van der Waals surface area contributed by atoms with Crippen molar-refractivity contribution in [1.82, 2.24) is 15.4 Å². The molecule has 1 saturated carbocycles. The number of rotatable bonds is 4. The Morgan fingerprint density at radius 1 is 1.06 bits per heavy atom. The van der Waals surface area contributed by atoms with Gasteiger partial charge in [0.15, 0.2) is 0 Å². The highest BCUT2D eigenvalue weighted by molar-refractivity contribution is 6.18. The number of H-pyrrole nitrogens is 1. The molecule has 2 aromatic heterocycles. The highest BCUT2D eigenvalue weighted by atomic mass is 16.2. The number of nitrogens with one attached hydrogen (secondary N) is 3. The van der Waals surface area contributed by atoms with Crippen LogP contribution < -0.4 is 10.7 Å². The van der Waals surface area contributed by atoms with Gasteiger partial charge in [-0.05, 0) is 36.2 Å². The summed E-state index contributed by atoms with van der Waals surface area (Å²) in [5, 5.41) is 7.87. The third-order valence-electron chi connectivity index (χ3n) is 6.07. The van der Waals surface area contributed by atoms with E-state index < -0.39 is 0 Å². The van der Waals surface area contributed by atoms with E-state index >= 15 is 0 Å². The molecule has 2 unspecified atom stereocenters. The highest BCUT2D eigenvalue weighted by Gasteiger charge is 2.44. The second kappa shape index (κ2) is 7.16. The highest BCUT2D eigenvalue weighted by Crippen LogP contribution is 2.47. The lowest BCUT2D eigenvalue weighted by molar-refractivity contribution is -0.117. The van der Waals surface area contributed by atoms with Crippen LogP contribution in [-0.4, -0.2) is 28.0 Å². The fourth-order valence-corrected chi connectivity index (χ4v) is 4.43. The zero-order valence-electron chi connectivity index (χ0n) is 17.0.